The number of nitrogens with one attached hydrogen (secondary N) is 2. The van der Waals surface area contributed by atoms with Crippen molar-refractivity contribution in [2.75, 3.05) is 33.5 Å². The average molecular weight is 292 g/mol. The number of urea groups is 1. The molecule has 118 valence electrons. The van der Waals surface area contributed by atoms with Gasteiger partial charge >= 0.3 is 12.0 Å². The maximum atomic E-state index is 11.4. The van der Waals surface area contributed by atoms with Crippen LogP contribution in [-0.4, -0.2) is 67.8 Å². The molecule has 0 aromatic carbocycles. The van der Waals surface area contributed by atoms with Gasteiger partial charge in [0.25, 0.3) is 0 Å². The lowest BCUT2D eigenvalue weighted by Crippen LogP contribution is -2.51. The number of aliphatic hydroxyl groups is 1. The van der Waals surface area contributed by atoms with Crippen LogP contribution in [0.1, 0.15) is 19.8 Å². The maximum absolute atomic E-state index is 11.4. The molecular weight excluding hydrogens is 268 g/mol. The molecule has 8 heteroatoms. The standard InChI is InChI=1S/C12H24N2O6/c1-9(15)10(11(16)17)14-12(18)13-5-3-4-6-20-8-7-19-2/h9-10,15H,3-8H2,1-2H3,(H,16,17)(H2,13,14,18). The summed E-state index contributed by atoms with van der Waals surface area (Å²) in [5.74, 6) is -1.28. The van der Waals surface area contributed by atoms with E-state index in [1.54, 1.807) is 7.11 Å². The molecule has 2 atom stereocenters. The van der Waals surface area contributed by atoms with E-state index in [0.29, 0.717) is 32.8 Å². The molecule has 2 amide bonds. The largest absolute Gasteiger partial charge is 0.480 e. The first-order valence-corrected chi connectivity index (χ1v) is 6.51. The Labute approximate surface area is 118 Å². The zero-order chi connectivity index (χ0) is 15.4. The number of rotatable bonds is 11. The smallest absolute Gasteiger partial charge is 0.328 e. The van der Waals surface area contributed by atoms with Gasteiger partial charge in [0.1, 0.15) is 0 Å². The van der Waals surface area contributed by atoms with E-state index in [1.165, 1.54) is 6.92 Å². The van der Waals surface area contributed by atoms with Gasteiger partial charge in [-0.25, -0.2) is 9.59 Å². The molecule has 0 saturated heterocycles. The summed E-state index contributed by atoms with van der Waals surface area (Å²) in [7, 11) is 1.60. The van der Waals surface area contributed by atoms with Crippen LogP contribution in [0.15, 0.2) is 0 Å². The molecule has 8 nitrogen and oxygen atoms in total. The highest BCUT2D eigenvalue weighted by atomic mass is 16.5. The molecule has 0 aliphatic rings. The molecule has 0 aliphatic carbocycles. The molecule has 0 saturated carbocycles. The number of carboxylic acids is 1. The normalized spacial score (nSPS) is 13.6. The Balaban J connectivity index is 3.60. The highest BCUT2D eigenvalue weighted by molar-refractivity contribution is 5.82. The van der Waals surface area contributed by atoms with Crippen LogP contribution in [0.3, 0.4) is 0 Å². The van der Waals surface area contributed by atoms with Crippen LogP contribution >= 0.6 is 0 Å². The van der Waals surface area contributed by atoms with Crippen LogP contribution in [0.4, 0.5) is 4.79 Å². The van der Waals surface area contributed by atoms with Crippen LogP contribution in [0.2, 0.25) is 0 Å². The summed E-state index contributed by atoms with van der Waals surface area (Å²) in [6, 6.07) is -1.93. The van der Waals surface area contributed by atoms with Crippen molar-refractivity contribution in [3.05, 3.63) is 0 Å². The van der Waals surface area contributed by atoms with Crippen LogP contribution in [-0.2, 0) is 14.3 Å². The van der Waals surface area contributed by atoms with Gasteiger partial charge in [-0.1, -0.05) is 0 Å². The lowest BCUT2D eigenvalue weighted by molar-refractivity contribution is -0.141. The molecule has 0 heterocycles. The van der Waals surface area contributed by atoms with Gasteiger partial charge in [0.15, 0.2) is 6.04 Å². The van der Waals surface area contributed by atoms with Crippen molar-refractivity contribution in [3.8, 4) is 0 Å². The minimum atomic E-state index is -1.31. The van der Waals surface area contributed by atoms with E-state index in [0.717, 1.165) is 6.42 Å². The molecule has 0 rings (SSSR count). The quantitative estimate of drug-likeness (QED) is 0.384. The van der Waals surface area contributed by atoms with Gasteiger partial charge in [-0.3, -0.25) is 0 Å². The Kier molecular flexibility index (Phi) is 10.7. The van der Waals surface area contributed by atoms with E-state index >= 15 is 0 Å². The van der Waals surface area contributed by atoms with Gasteiger partial charge < -0.3 is 30.3 Å². The monoisotopic (exact) mass is 292 g/mol. The lowest BCUT2D eigenvalue weighted by atomic mass is 10.2. The molecule has 0 bridgehead atoms. The molecule has 2 unspecified atom stereocenters. The van der Waals surface area contributed by atoms with Gasteiger partial charge in [-0.15, -0.1) is 0 Å². The summed E-state index contributed by atoms with van der Waals surface area (Å²) in [4.78, 5) is 22.1. The molecule has 0 radical (unpaired) electrons. The first kappa shape index (κ1) is 18.6. The van der Waals surface area contributed by atoms with Gasteiger partial charge in [-0.05, 0) is 19.8 Å². The number of hydrogen-bond acceptors (Lipinski definition) is 5. The van der Waals surface area contributed by atoms with Crippen molar-refractivity contribution >= 4 is 12.0 Å². The number of unbranched alkanes of at least 4 members (excludes halogenated alkanes) is 1. The summed E-state index contributed by atoms with van der Waals surface area (Å²) < 4.78 is 10.1. The van der Waals surface area contributed by atoms with Crippen molar-refractivity contribution in [2.45, 2.75) is 31.9 Å². The van der Waals surface area contributed by atoms with Crippen molar-refractivity contribution in [2.24, 2.45) is 0 Å². The van der Waals surface area contributed by atoms with Gasteiger partial charge in [0.05, 0.1) is 19.3 Å². The molecule has 0 aliphatic heterocycles. The van der Waals surface area contributed by atoms with Crippen molar-refractivity contribution in [1.82, 2.24) is 10.6 Å². The molecule has 20 heavy (non-hydrogen) atoms. The molecular formula is C12H24N2O6. The van der Waals surface area contributed by atoms with Gasteiger partial charge in [0.2, 0.25) is 0 Å². The third-order valence-corrected chi connectivity index (χ3v) is 2.47. The molecule has 0 aromatic rings. The van der Waals surface area contributed by atoms with E-state index in [-0.39, 0.29) is 0 Å². The number of aliphatic carboxylic acids is 1. The SMILES string of the molecule is COCCOCCCCNC(=O)NC(C(=O)O)C(C)O. The third kappa shape index (κ3) is 9.54. The second kappa shape index (κ2) is 11.4. The van der Waals surface area contributed by atoms with E-state index in [4.69, 9.17) is 14.6 Å². The Hall–Kier alpha value is -1.38. The third-order valence-electron chi connectivity index (χ3n) is 2.47. The molecule has 0 spiro atoms. The fourth-order valence-corrected chi connectivity index (χ4v) is 1.36. The molecule has 4 N–H and O–H groups in total. The summed E-state index contributed by atoms with van der Waals surface area (Å²) in [5.41, 5.74) is 0. The first-order valence-electron chi connectivity index (χ1n) is 6.51. The van der Waals surface area contributed by atoms with E-state index in [9.17, 15) is 14.7 Å². The average Bonchev–Trinajstić information content (AvgIpc) is 2.38. The number of carbonyl (C=O) groups excluding carboxylic acids is 1. The highest BCUT2D eigenvalue weighted by Gasteiger charge is 2.24. The van der Waals surface area contributed by atoms with E-state index in [1.807, 2.05) is 0 Å². The maximum Gasteiger partial charge on any atom is 0.328 e. The van der Waals surface area contributed by atoms with Crippen LogP contribution in [0.25, 0.3) is 0 Å². The van der Waals surface area contributed by atoms with Crippen LogP contribution in [0, 0.1) is 0 Å². The number of methoxy groups -OCH3 is 1. The summed E-state index contributed by atoms with van der Waals surface area (Å²) >= 11 is 0. The number of carboxylic acid groups (broad SMARTS) is 1. The second-order valence-corrected chi connectivity index (χ2v) is 4.27. The zero-order valence-corrected chi connectivity index (χ0v) is 11.9. The summed E-state index contributed by atoms with van der Waals surface area (Å²) in [6.07, 6.45) is 0.336. The van der Waals surface area contributed by atoms with Gasteiger partial charge in [0, 0.05) is 20.3 Å². The summed E-state index contributed by atoms with van der Waals surface area (Å²) in [6.45, 7) is 3.38. The Morgan fingerprint density at radius 1 is 1.20 bits per heavy atom. The Bertz CT molecular complexity index is 285. The van der Waals surface area contributed by atoms with E-state index in [2.05, 4.69) is 10.6 Å². The van der Waals surface area contributed by atoms with Crippen molar-refractivity contribution in [1.29, 1.82) is 0 Å². The van der Waals surface area contributed by atoms with Crippen molar-refractivity contribution < 1.29 is 29.3 Å². The highest BCUT2D eigenvalue weighted by Crippen LogP contribution is 1.93. The predicted molar refractivity (Wildman–Crippen MR) is 71.6 cm³/mol. The van der Waals surface area contributed by atoms with Crippen LogP contribution in [0.5, 0.6) is 0 Å². The fourth-order valence-electron chi connectivity index (χ4n) is 1.36. The number of hydrogen-bond donors (Lipinski definition) is 4. The molecule has 0 fully saturated rings. The fraction of sp³-hybridized carbons (Fsp3) is 0.833. The number of carbonyl (C=O) groups is 2. The minimum Gasteiger partial charge on any atom is -0.480 e. The molecule has 0 aromatic heterocycles. The Morgan fingerprint density at radius 2 is 1.90 bits per heavy atom. The zero-order valence-electron chi connectivity index (χ0n) is 11.9. The van der Waals surface area contributed by atoms with Crippen molar-refractivity contribution in [3.63, 3.8) is 0 Å². The van der Waals surface area contributed by atoms with Gasteiger partial charge in [-0.2, -0.15) is 0 Å². The Morgan fingerprint density at radius 3 is 2.45 bits per heavy atom. The first-order chi connectivity index (χ1) is 9.49. The lowest BCUT2D eigenvalue weighted by Gasteiger charge is -2.17. The second-order valence-electron chi connectivity index (χ2n) is 4.27. The number of ether oxygens (including phenoxy) is 2. The number of amides is 2. The summed E-state index contributed by atoms with van der Waals surface area (Å²) in [5, 5.41) is 22.7. The van der Waals surface area contributed by atoms with E-state index < -0.39 is 24.1 Å². The predicted octanol–water partition coefficient (Wildman–Crippen LogP) is -0.437. The minimum absolute atomic E-state index is 0.408. The number of aliphatic hydroxyl groups excluding tert-OH is 1. The van der Waals surface area contributed by atoms with Crippen LogP contribution < -0.4 is 10.6 Å². The topological polar surface area (TPSA) is 117 Å².